The summed E-state index contributed by atoms with van der Waals surface area (Å²) in [4.78, 5) is 0. The van der Waals surface area contributed by atoms with Crippen LogP contribution in [0.5, 0.6) is 0 Å². The van der Waals surface area contributed by atoms with Gasteiger partial charge in [-0.3, -0.25) is 0 Å². The Bertz CT molecular complexity index is 310. The summed E-state index contributed by atoms with van der Waals surface area (Å²) in [7, 11) is 0. The van der Waals surface area contributed by atoms with Crippen LogP contribution in [0.2, 0.25) is 0 Å². The third-order valence-electron chi connectivity index (χ3n) is 1.52. The summed E-state index contributed by atoms with van der Waals surface area (Å²) in [6.45, 7) is 5.36. The summed E-state index contributed by atoms with van der Waals surface area (Å²) in [5, 5.41) is 2.91. The Morgan fingerprint density at radius 3 is 2.83 bits per heavy atom. The maximum absolute atomic E-state index is 12.9. The summed E-state index contributed by atoms with van der Waals surface area (Å²) in [6, 6.07) is 3.16. The van der Waals surface area contributed by atoms with Crippen molar-refractivity contribution in [1.82, 2.24) is 0 Å². The van der Waals surface area contributed by atoms with Crippen LogP contribution in [0.3, 0.4) is 0 Å². The topological polar surface area (TPSA) is 12.0 Å². The van der Waals surface area contributed by atoms with E-state index in [2.05, 4.69) is 27.8 Å². The number of halogens is 2. The Hall–Kier alpha value is -0.830. The van der Waals surface area contributed by atoms with Crippen molar-refractivity contribution in [1.29, 1.82) is 0 Å². The standard InChI is InChI=1S/C9H9BrFN/c1-3-12-9-5-7(10)8(11)4-6(9)2/h3-5,12H,1H2,2H3. The molecule has 0 bridgehead atoms. The Balaban J connectivity index is 3.13. The molecule has 1 N–H and O–H groups in total. The van der Waals surface area contributed by atoms with Crippen molar-refractivity contribution in [3.8, 4) is 0 Å². The second-order valence-corrected chi connectivity index (χ2v) is 3.28. The Kier molecular flexibility index (Phi) is 2.87. The number of rotatable bonds is 2. The lowest BCUT2D eigenvalue weighted by Crippen LogP contribution is -1.91. The molecule has 0 saturated heterocycles. The molecule has 0 aliphatic rings. The number of aryl methyl sites for hydroxylation is 1. The van der Waals surface area contributed by atoms with E-state index in [4.69, 9.17) is 0 Å². The molecular weight excluding hydrogens is 221 g/mol. The lowest BCUT2D eigenvalue weighted by Gasteiger charge is -2.05. The van der Waals surface area contributed by atoms with Gasteiger partial charge in [0.25, 0.3) is 0 Å². The van der Waals surface area contributed by atoms with Gasteiger partial charge in [-0.1, -0.05) is 6.58 Å². The highest BCUT2D eigenvalue weighted by Gasteiger charge is 2.02. The fraction of sp³-hybridized carbons (Fsp3) is 0.111. The quantitative estimate of drug-likeness (QED) is 0.820. The van der Waals surface area contributed by atoms with Gasteiger partial charge in [0.1, 0.15) is 5.82 Å². The fourth-order valence-electron chi connectivity index (χ4n) is 0.912. The van der Waals surface area contributed by atoms with Crippen LogP contribution in [0.1, 0.15) is 5.56 Å². The van der Waals surface area contributed by atoms with Crippen molar-refractivity contribution < 1.29 is 4.39 Å². The maximum Gasteiger partial charge on any atom is 0.137 e. The second-order valence-electron chi connectivity index (χ2n) is 2.43. The zero-order valence-corrected chi connectivity index (χ0v) is 8.28. The summed E-state index contributed by atoms with van der Waals surface area (Å²) in [6.07, 6.45) is 1.56. The van der Waals surface area contributed by atoms with E-state index in [1.807, 2.05) is 6.92 Å². The number of hydrogen-bond acceptors (Lipinski definition) is 1. The third-order valence-corrected chi connectivity index (χ3v) is 2.13. The molecule has 1 aromatic carbocycles. The molecule has 1 rings (SSSR count). The lowest BCUT2D eigenvalue weighted by atomic mass is 10.2. The summed E-state index contributed by atoms with van der Waals surface area (Å²) in [5.74, 6) is -0.248. The van der Waals surface area contributed by atoms with E-state index in [0.717, 1.165) is 11.3 Å². The minimum Gasteiger partial charge on any atom is -0.362 e. The predicted molar refractivity (Wildman–Crippen MR) is 52.7 cm³/mol. The van der Waals surface area contributed by atoms with Crippen molar-refractivity contribution in [3.05, 3.63) is 40.8 Å². The summed E-state index contributed by atoms with van der Waals surface area (Å²) in [5.41, 5.74) is 1.72. The number of hydrogen-bond donors (Lipinski definition) is 1. The molecule has 12 heavy (non-hydrogen) atoms. The Morgan fingerprint density at radius 2 is 2.25 bits per heavy atom. The van der Waals surface area contributed by atoms with Crippen LogP contribution in [0.4, 0.5) is 10.1 Å². The predicted octanol–water partition coefficient (Wildman–Crippen LogP) is 3.45. The van der Waals surface area contributed by atoms with Gasteiger partial charge >= 0.3 is 0 Å². The number of nitrogens with one attached hydrogen (secondary N) is 1. The summed E-state index contributed by atoms with van der Waals surface area (Å²) >= 11 is 3.10. The van der Waals surface area contributed by atoms with E-state index in [1.165, 1.54) is 6.07 Å². The first-order valence-electron chi connectivity index (χ1n) is 3.48. The van der Waals surface area contributed by atoms with Gasteiger partial charge in [0, 0.05) is 5.69 Å². The van der Waals surface area contributed by atoms with Gasteiger partial charge < -0.3 is 5.32 Å². The van der Waals surface area contributed by atoms with Gasteiger partial charge in [0.15, 0.2) is 0 Å². The maximum atomic E-state index is 12.9. The molecule has 0 unspecified atom stereocenters. The van der Waals surface area contributed by atoms with Crippen molar-refractivity contribution in [2.75, 3.05) is 5.32 Å². The molecule has 0 aliphatic heterocycles. The van der Waals surface area contributed by atoms with E-state index in [1.54, 1.807) is 12.3 Å². The molecule has 0 spiro atoms. The molecule has 0 aromatic heterocycles. The van der Waals surface area contributed by atoms with E-state index in [9.17, 15) is 4.39 Å². The zero-order chi connectivity index (χ0) is 9.14. The molecule has 1 aromatic rings. The zero-order valence-electron chi connectivity index (χ0n) is 6.70. The molecule has 0 saturated carbocycles. The van der Waals surface area contributed by atoms with Gasteiger partial charge in [0.2, 0.25) is 0 Å². The van der Waals surface area contributed by atoms with E-state index < -0.39 is 0 Å². The van der Waals surface area contributed by atoms with Crippen molar-refractivity contribution in [3.63, 3.8) is 0 Å². The molecule has 0 fully saturated rings. The monoisotopic (exact) mass is 229 g/mol. The highest BCUT2D eigenvalue weighted by Crippen LogP contribution is 2.23. The highest BCUT2D eigenvalue weighted by atomic mass is 79.9. The van der Waals surface area contributed by atoms with Crippen LogP contribution in [0, 0.1) is 12.7 Å². The Labute approximate surface area is 79.4 Å². The van der Waals surface area contributed by atoms with Gasteiger partial charge in [-0.25, -0.2) is 4.39 Å². The molecule has 0 amide bonds. The third kappa shape index (κ3) is 1.85. The average Bonchev–Trinajstić information content (AvgIpc) is 2.01. The van der Waals surface area contributed by atoms with Gasteiger partial charge in [-0.05, 0) is 46.7 Å². The van der Waals surface area contributed by atoms with Crippen molar-refractivity contribution >= 4 is 21.6 Å². The van der Waals surface area contributed by atoms with E-state index in [0.29, 0.717) is 4.47 Å². The molecule has 0 radical (unpaired) electrons. The average molecular weight is 230 g/mol. The minimum atomic E-state index is -0.248. The largest absolute Gasteiger partial charge is 0.362 e. The first-order chi connectivity index (χ1) is 5.65. The van der Waals surface area contributed by atoms with Gasteiger partial charge in [-0.2, -0.15) is 0 Å². The molecule has 3 heteroatoms. The normalized spacial score (nSPS) is 9.58. The van der Waals surface area contributed by atoms with Gasteiger partial charge in [0.05, 0.1) is 4.47 Å². The number of benzene rings is 1. The molecule has 1 nitrogen and oxygen atoms in total. The van der Waals surface area contributed by atoms with Crippen LogP contribution in [0.15, 0.2) is 29.4 Å². The van der Waals surface area contributed by atoms with Crippen LogP contribution in [-0.4, -0.2) is 0 Å². The molecule has 0 atom stereocenters. The van der Waals surface area contributed by atoms with Crippen LogP contribution < -0.4 is 5.32 Å². The highest BCUT2D eigenvalue weighted by molar-refractivity contribution is 9.10. The summed E-state index contributed by atoms with van der Waals surface area (Å²) < 4.78 is 13.4. The molecule has 64 valence electrons. The van der Waals surface area contributed by atoms with Crippen LogP contribution in [-0.2, 0) is 0 Å². The second kappa shape index (κ2) is 3.72. The molecule has 0 heterocycles. The van der Waals surface area contributed by atoms with Crippen LogP contribution >= 0.6 is 15.9 Å². The lowest BCUT2D eigenvalue weighted by molar-refractivity contribution is 0.620. The van der Waals surface area contributed by atoms with Crippen LogP contribution in [0.25, 0.3) is 0 Å². The van der Waals surface area contributed by atoms with E-state index >= 15 is 0 Å². The van der Waals surface area contributed by atoms with Crippen molar-refractivity contribution in [2.45, 2.75) is 6.92 Å². The van der Waals surface area contributed by atoms with E-state index in [-0.39, 0.29) is 5.82 Å². The first-order valence-corrected chi connectivity index (χ1v) is 4.27. The number of anilines is 1. The smallest absolute Gasteiger partial charge is 0.137 e. The first kappa shape index (κ1) is 9.26. The van der Waals surface area contributed by atoms with Crippen molar-refractivity contribution in [2.24, 2.45) is 0 Å². The molecule has 0 aliphatic carbocycles. The SMILES string of the molecule is C=CNc1cc(Br)c(F)cc1C. The fourth-order valence-corrected chi connectivity index (χ4v) is 1.26. The molecular formula is C9H9BrFN. The van der Waals surface area contributed by atoms with Gasteiger partial charge in [-0.15, -0.1) is 0 Å². The minimum absolute atomic E-state index is 0.248. The Morgan fingerprint density at radius 1 is 1.58 bits per heavy atom.